The lowest BCUT2D eigenvalue weighted by molar-refractivity contribution is -0.114. The molecule has 0 radical (unpaired) electrons. The zero-order chi connectivity index (χ0) is 21.7. The van der Waals surface area contributed by atoms with Crippen molar-refractivity contribution in [3.05, 3.63) is 63.9 Å². The van der Waals surface area contributed by atoms with Crippen LogP contribution in [0.3, 0.4) is 0 Å². The van der Waals surface area contributed by atoms with Gasteiger partial charge in [0, 0.05) is 18.2 Å². The number of aromatic nitrogens is 3. The number of H-pyrrole nitrogens is 1. The maximum Gasteiger partial charge on any atom is 0.278 e. The highest BCUT2D eigenvalue weighted by atomic mass is 32.2. The smallest absolute Gasteiger partial charge is 0.278 e. The molecule has 30 heavy (non-hydrogen) atoms. The summed E-state index contributed by atoms with van der Waals surface area (Å²) in [6.07, 6.45) is 0. The first kappa shape index (κ1) is 21.3. The molecule has 1 aromatic heterocycles. The Morgan fingerprint density at radius 1 is 1.03 bits per heavy atom. The van der Waals surface area contributed by atoms with Crippen molar-refractivity contribution in [2.45, 2.75) is 25.9 Å². The molecule has 0 saturated carbocycles. The van der Waals surface area contributed by atoms with E-state index in [0.717, 1.165) is 22.9 Å². The largest absolute Gasteiger partial charge is 0.325 e. The Morgan fingerprint density at radius 3 is 2.43 bits per heavy atom. The highest BCUT2D eigenvalue weighted by Crippen LogP contribution is 2.27. The molecule has 2 aromatic carbocycles. The molecule has 0 aliphatic carbocycles. The van der Waals surface area contributed by atoms with Crippen LogP contribution >= 0.6 is 11.8 Å². The third kappa shape index (κ3) is 5.32. The van der Waals surface area contributed by atoms with Gasteiger partial charge < -0.3 is 10.6 Å². The molecule has 0 unspecified atom stereocenters. The van der Waals surface area contributed by atoms with Crippen molar-refractivity contribution in [3.63, 3.8) is 0 Å². The van der Waals surface area contributed by atoms with E-state index in [1.54, 1.807) is 12.1 Å². The number of anilines is 2. The first-order valence-corrected chi connectivity index (χ1v) is 10.2. The zero-order valence-corrected chi connectivity index (χ0v) is 17.6. The van der Waals surface area contributed by atoms with Gasteiger partial charge in [0.2, 0.25) is 11.8 Å². The Kier molecular flexibility index (Phi) is 6.63. The number of thioether (sulfide) groups is 1. The number of aryl methyl sites for hydroxylation is 2. The van der Waals surface area contributed by atoms with Gasteiger partial charge in [-0.15, -0.1) is 10.2 Å². The molecule has 3 N–H and O–H groups in total. The Balaban J connectivity index is 1.72. The highest BCUT2D eigenvalue weighted by Gasteiger charge is 2.15. The molecule has 1 heterocycles. The molecule has 0 saturated heterocycles. The number of hydrogen-bond donors (Lipinski definition) is 3. The van der Waals surface area contributed by atoms with Crippen molar-refractivity contribution in [1.29, 1.82) is 0 Å². The van der Waals surface area contributed by atoms with Crippen LogP contribution in [0.2, 0.25) is 0 Å². The minimum Gasteiger partial charge on any atom is -0.325 e. The maximum absolute atomic E-state index is 12.6. The number of rotatable bonds is 6. The van der Waals surface area contributed by atoms with Gasteiger partial charge in [0.05, 0.1) is 11.4 Å². The topological polar surface area (TPSA) is 117 Å². The van der Waals surface area contributed by atoms with Crippen molar-refractivity contribution in [2.24, 2.45) is 0 Å². The van der Waals surface area contributed by atoms with Crippen LogP contribution in [-0.2, 0) is 9.59 Å². The molecule has 0 bridgehead atoms. The van der Waals surface area contributed by atoms with Crippen LogP contribution < -0.4 is 16.2 Å². The maximum atomic E-state index is 12.6. The quantitative estimate of drug-likeness (QED) is 0.525. The Morgan fingerprint density at radius 2 is 1.77 bits per heavy atom. The third-order valence-electron chi connectivity index (χ3n) is 4.18. The van der Waals surface area contributed by atoms with E-state index in [9.17, 15) is 14.4 Å². The minimum absolute atomic E-state index is 0.0689. The molecular formula is C21H21N5O3S. The summed E-state index contributed by atoms with van der Waals surface area (Å²) in [5, 5.41) is 13.8. The SMILES string of the molecule is CC(=O)Nc1c(C)cccc1-c1nnc(SCC(=O)Nc2ccc(C)cc2)[nH]c1=O. The average Bonchev–Trinajstić information content (AvgIpc) is 2.70. The summed E-state index contributed by atoms with van der Waals surface area (Å²) in [4.78, 5) is 38.8. The molecule has 0 spiro atoms. The Bertz CT molecular complexity index is 1140. The molecule has 0 fully saturated rings. The molecular weight excluding hydrogens is 402 g/mol. The van der Waals surface area contributed by atoms with Gasteiger partial charge in [-0.3, -0.25) is 19.4 Å². The summed E-state index contributed by atoms with van der Waals surface area (Å²) >= 11 is 1.08. The molecule has 3 aromatic rings. The molecule has 2 amide bonds. The number of para-hydroxylation sites is 1. The van der Waals surface area contributed by atoms with E-state index in [1.165, 1.54) is 6.92 Å². The number of amides is 2. The van der Waals surface area contributed by atoms with Crippen LogP contribution in [0.15, 0.2) is 52.4 Å². The fourth-order valence-corrected chi connectivity index (χ4v) is 3.34. The molecule has 154 valence electrons. The van der Waals surface area contributed by atoms with Gasteiger partial charge in [0.25, 0.3) is 5.56 Å². The second-order valence-corrected chi connectivity index (χ2v) is 7.65. The molecule has 9 heteroatoms. The number of nitrogens with zero attached hydrogens (tertiary/aromatic N) is 2. The van der Waals surface area contributed by atoms with E-state index in [1.807, 2.05) is 44.2 Å². The first-order valence-electron chi connectivity index (χ1n) is 9.17. The van der Waals surface area contributed by atoms with Gasteiger partial charge in [0.15, 0.2) is 10.9 Å². The Labute approximate surface area is 177 Å². The van der Waals surface area contributed by atoms with Crippen molar-refractivity contribution >= 4 is 35.0 Å². The lowest BCUT2D eigenvalue weighted by atomic mass is 10.1. The first-order chi connectivity index (χ1) is 14.3. The monoisotopic (exact) mass is 423 g/mol. The lowest BCUT2D eigenvalue weighted by Gasteiger charge is -2.11. The fourth-order valence-electron chi connectivity index (χ4n) is 2.74. The zero-order valence-electron chi connectivity index (χ0n) is 16.8. The van der Waals surface area contributed by atoms with Crippen LogP contribution in [0.5, 0.6) is 0 Å². The Hall–Kier alpha value is -3.46. The summed E-state index contributed by atoms with van der Waals surface area (Å²) in [5.41, 5.74) is 3.24. The number of carbonyl (C=O) groups is 2. The molecule has 0 aliphatic heterocycles. The van der Waals surface area contributed by atoms with Crippen LogP contribution in [0.4, 0.5) is 11.4 Å². The predicted octanol–water partition coefficient (Wildman–Crippen LogP) is 3.14. The van der Waals surface area contributed by atoms with Crippen molar-refractivity contribution in [3.8, 4) is 11.3 Å². The van der Waals surface area contributed by atoms with Gasteiger partial charge in [-0.1, -0.05) is 47.7 Å². The van der Waals surface area contributed by atoms with Crippen molar-refractivity contribution < 1.29 is 9.59 Å². The van der Waals surface area contributed by atoms with E-state index in [0.29, 0.717) is 16.9 Å². The second-order valence-electron chi connectivity index (χ2n) is 6.69. The standard InChI is InChI=1S/C21H21N5O3S/c1-12-7-9-15(10-8-12)23-17(28)11-30-21-24-20(29)19(25-26-21)16-6-4-5-13(2)18(16)22-14(3)27/h4-10H,11H2,1-3H3,(H,22,27)(H,23,28)(H,24,26,29). The van der Waals surface area contributed by atoms with Gasteiger partial charge >= 0.3 is 0 Å². The molecule has 8 nitrogen and oxygen atoms in total. The van der Waals surface area contributed by atoms with Crippen LogP contribution in [-0.4, -0.2) is 32.7 Å². The number of aromatic amines is 1. The lowest BCUT2D eigenvalue weighted by Crippen LogP contribution is -2.18. The molecule has 0 atom stereocenters. The highest BCUT2D eigenvalue weighted by molar-refractivity contribution is 7.99. The third-order valence-corrected chi connectivity index (χ3v) is 5.04. The van der Waals surface area contributed by atoms with Gasteiger partial charge in [-0.05, 0) is 31.5 Å². The average molecular weight is 423 g/mol. The van der Waals surface area contributed by atoms with Crippen molar-refractivity contribution in [2.75, 3.05) is 16.4 Å². The molecule has 3 rings (SSSR count). The summed E-state index contributed by atoms with van der Waals surface area (Å²) in [6, 6.07) is 12.8. The second kappa shape index (κ2) is 9.36. The van der Waals surface area contributed by atoms with E-state index >= 15 is 0 Å². The summed E-state index contributed by atoms with van der Waals surface area (Å²) in [6.45, 7) is 5.19. The predicted molar refractivity (Wildman–Crippen MR) is 118 cm³/mol. The number of nitrogens with one attached hydrogen (secondary N) is 3. The number of hydrogen-bond acceptors (Lipinski definition) is 6. The van der Waals surface area contributed by atoms with Crippen molar-refractivity contribution in [1.82, 2.24) is 15.2 Å². The van der Waals surface area contributed by atoms with E-state index in [-0.39, 0.29) is 28.4 Å². The summed E-state index contributed by atoms with van der Waals surface area (Å²) in [7, 11) is 0. The van der Waals surface area contributed by atoms with Crippen LogP contribution in [0, 0.1) is 13.8 Å². The number of benzene rings is 2. The molecule has 0 aliphatic rings. The van der Waals surface area contributed by atoms with E-state index in [2.05, 4.69) is 25.8 Å². The van der Waals surface area contributed by atoms with E-state index in [4.69, 9.17) is 0 Å². The van der Waals surface area contributed by atoms with Gasteiger partial charge in [0.1, 0.15) is 0 Å². The van der Waals surface area contributed by atoms with Gasteiger partial charge in [-0.2, -0.15) is 0 Å². The van der Waals surface area contributed by atoms with E-state index < -0.39 is 5.56 Å². The van der Waals surface area contributed by atoms with Crippen LogP contribution in [0.1, 0.15) is 18.1 Å². The van der Waals surface area contributed by atoms with Crippen LogP contribution in [0.25, 0.3) is 11.3 Å². The summed E-state index contributed by atoms with van der Waals surface area (Å²) in [5.74, 6) is -0.400. The fraction of sp³-hybridized carbons (Fsp3) is 0.190. The van der Waals surface area contributed by atoms with Gasteiger partial charge in [-0.25, -0.2) is 0 Å². The number of carbonyl (C=O) groups excluding carboxylic acids is 2. The summed E-state index contributed by atoms with van der Waals surface area (Å²) < 4.78 is 0. The normalized spacial score (nSPS) is 10.5. The minimum atomic E-state index is -0.455.